The largest absolute Gasteiger partial charge is 0.480 e. The van der Waals surface area contributed by atoms with Crippen LogP contribution in [0.2, 0.25) is 0 Å². The Kier molecular flexibility index (Phi) is 4.82. The van der Waals surface area contributed by atoms with Gasteiger partial charge in [0.2, 0.25) is 0 Å². The molecule has 6 heteroatoms. The van der Waals surface area contributed by atoms with E-state index in [9.17, 15) is 13.5 Å². The maximum atomic E-state index is 10.9. The summed E-state index contributed by atoms with van der Waals surface area (Å²) in [5, 5.41) is 9.88. The van der Waals surface area contributed by atoms with Crippen molar-refractivity contribution in [2.45, 2.75) is 78.1 Å². The third-order valence-electron chi connectivity index (χ3n) is 9.19. The molecule has 0 bridgehead atoms. The maximum absolute atomic E-state index is 10.9. The summed E-state index contributed by atoms with van der Waals surface area (Å²) in [6, 6.07) is 0. The lowest BCUT2D eigenvalue weighted by Gasteiger charge is -2.60. The average Bonchev–Trinajstić information content (AvgIpc) is 2.89. The van der Waals surface area contributed by atoms with Crippen LogP contribution in [0.25, 0.3) is 0 Å². The Balaban J connectivity index is 1.55. The molecule has 4 rings (SSSR count). The highest BCUT2D eigenvalue weighted by Gasteiger charge is 2.59. The fourth-order valence-corrected chi connectivity index (χ4v) is 8.19. The van der Waals surface area contributed by atoms with Gasteiger partial charge >= 0.3 is 10.4 Å². The van der Waals surface area contributed by atoms with Gasteiger partial charge in [-0.25, -0.2) is 0 Å². The number of aliphatic hydroxyl groups is 1. The Morgan fingerprint density at radius 2 is 1.70 bits per heavy atom. The second-order valence-electron chi connectivity index (χ2n) is 10.1. The predicted molar refractivity (Wildman–Crippen MR) is 103 cm³/mol. The van der Waals surface area contributed by atoms with Crippen LogP contribution in [0.4, 0.5) is 0 Å². The standard InChI is InChI=1S/C21H34O5S/c1-20-11-4-3-5-14(20)6-8-16-17-9-7-15(13-19(22)26-27(23,24)25)21(17,2)12-10-18(16)20/h13-18,22H,3-12H2,1-2H3,(H,23,24,25)/t14?,15-,16+,17+,18+,20+,21-/m1/s1. The molecule has 154 valence electrons. The van der Waals surface area contributed by atoms with Crippen molar-refractivity contribution >= 4 is 10.4 Å². The molecule has 0 aliphatic heterocycles. The molecule has 5 nitrogen and oxygen atoms in total. The third kappa shape index (κ3) is 3.31. The first-order valence-electron chi connectivity index (χ1n) is 10.7. The fourth-order valence-electron chi connectivity index (χ4n) is 7.92. The molecular formula is C21H34O5S. The summed E-state index contributed by atoms with van der Waals surface area (Å²) < 4.78 is 34.8. The first-order valence-corrected chi connectivity index (χ1v) is 12.1. The van der Waals surface area contributed by atoms with E-state index in [4.69, 9.17) is 4.55 Å². The molecule has 2 N–H and O–H groups in total. The van der Waals surface area contributed by atoms with Crippen LogP contribution in [0.15, 0.2) is 12.0 Å². The average molecular weight is 399 g/mol. The Morgan fingerprint density at radius 3 is 2.44 bits per heavy atom. The zero-order chi connectivity index (χ0) is 19.4. The molecule has 27 heavy (non-hydrogen) atoms. The van der Waals surface area contributed by atoms with Gasteiger partial charge in [0.25, 0.3) is 5.95 Å². The van der Waals surface area contributed by atoms with Crippen LogP contribution in [0, 0.1) is 40.4 Å². The zero-order valence-electron chi connectivity index (χ0n) is 16.6. The van der Waals surface area contributed by atoms with E-state index in [-0.39, 0.29) is 11.3 Å². The van der Waals surface area contributed by atoms with Crippen LogP contribution >= 0.6 is 0 Å². The lowest BCUT2D eigenvalue weighted by atomic mass is 9.45. The monoisotopic (exact) mass is 398 g/mol. The molecule has 0 heterocycles. The Hall–Kier alpha value is -0.750. The van der Waals surface area contributed by atoms with Crippen molar-refractivity contribution in [2.75, 3.05) is 0 Å². The number of allylic oxidation sites excluding steroid dienone is 1. The molecule has 4 saturated carbocycles. The molecule has 0 radical (unpaired) electrons. The molecule has 0 amide bonds. The number of aliphatic hydroxyl groups excluding tert-OH is 1. The lowest BCUT2D eigenvalue weighted by Crippen LogP contribution is -2.52. The van der Waals surface area contributed by atoms with Crippen LogP contribution in [0.3, 0.4) is 0 Å². The second-order valence-corrected chi connectivity index (χ2v) is 11.2. The summed E-state index contributed by atoms with van der Waals surface area (Å²) in [5.74, 6) is 2.53. The molecule has 0 aromatic carbocycles. The predicted octanol–water partition coefficient (Wildman–Crippen LogP) is 5.25. The van der Waals surface area contributed by atoms with E-state index in [0.29, 0.717) is 11.3 Å². The van der Waals surface area contributed by atoms with E-state index >= 15 is 0 Å². The SMILES string of the molecule is C[C@]12CC[C@H]3[C@@H](CCC4CCCC[C@@]43C)[C@@H]1CC[C@@H]2C=C(O)OS(=O)(=O)O. The zero-order valence-corrected chi connectivity index (χ0v) is 17.4. The minimum absolute atomic E-state index is 0.0790. The van der Waals surface area contributed by atoms with Gasteiger partial charge in [-0.15, -0.1) is 0 Å². The van der Waals surface area contributed by atoms with Crippen molar-refractivity contribution in [3.05, 3.63) is 12.0 Å². The first-order chi connectivity index (χ1) is 12.6. The van der Waals surface area contributed by atoms with Gasteiger partial charge in [-0.2, -0.15) is 8.42 Å². The van der Waals surface area contributed by atoms with Gasteiger partial charge < -0.3 is 9.29 Å². The highest BCUT2D eigenvalue weighted by Crippen LogP contribution is 2.67. The fraction of sp³-hybridized carbons (Fsp3) is 0.905. The molecule has 4 aliphatic rings. The number of hydrogen-bond donors (Lipinski definition) is 2. The van der Waals surface area contributed by atoms with Gasteiger partial charge in [-0.1, -0.05) is 26.7 Å². The molecule has 0 saturated heterocycles. The summed E-state index contributed by atoms with van der Waals surface area (Å²) in [5.41, 5.74) is 0.586. The van der Waals surface area contributed by atoms with Crippen molar-refractivity contribution in [3.8, 4) is 0 Å². The molecule has 0 spiro atoms. The molecule has 1 unspecified atom stereocenters. The van der Waals surface area contributed by atoms with Gasteiger partial charge in [-0.05, 0) is 91.8 Å². The van der Waals surface area contributed by atoms with E-state index < -0.39 is 16.3 Å². The normalized spacial score (nSPS) is 47.7. The van der Waals surface area contributed by atoms with E-state index in [2.05, 4.69) is 18.0 Å². The third-order valence-corrected chi connectivity index (χ3v) is 9.57. The van der Waals surface area contributed by atoms with Gasteiger partial charge in [-0.3, -0.25) is 4.55 Å². The van der Waals surface area contributed by atoms with Gasteiger partial charge in [0, 0.05) is 6.08 Å². The molecule has 7 atom stereocenters. The summed E-state index contributed by atoms with van der Waals surface area (Å²) >= 11 is 0. The van der Waals surface area contributed by atoms with E-state index in [1.807, 2.05) is 0 Å². The van der Waals surface area contributed by atoms with Crippen molar-refractivity contribution in [1.29, 1.82) is 0 Å². The van der Waals surface area contributed by atoms with Crippen LogP contribution in [0.5, 0.6) is 0 Å². The second kappa shape index (κ2) is 6.65. The highest BCUT2D eigenvalue weighted by atomic mass is 32.3. The van der Waals surface area contributed by atoms with E-state index in [0.717, 1.165) is 37.0 Å². The van der Waals surface area contributed by atoms with Crippen molar-refractivity contribution in [1.82, 2.24) is 0 Å². The minimum atomic E-state index is -4.67. The van der Waals surface area contributed by atoms with Gasteiger partial charge in [0.15, 0.2) is 0 Å². The van der Waals surface area contributed by atoms with Crippen LogP contribution in [-0.2, 0) is 14.6 Å². The number of rotatable bonds is 3. The number of hydrogen-bond acceptors (Lipinski definition) is 4. The summed E-state index contributed by atoms with van der Waals surface area (Å²) in [7, 11) is -4.67. The maximum Gasteiger partial charge on any atom is 0.449 e. The Labute approximate surface area is 163 Å². The number of fused-ring (bicyclic) bond motifs is 5. The van der Waals surface area contributed by atoms with Gasteiger partial charge in [0.1, 0.15) is 0 Å². The quantitative estimate of drug-likeness (QED) is 0.501. The summed E-state index contributed by atoms with van der Waals surface area (Å²) in [4.78, 5) is 0. The molecule has 0 aromatic rings. The van der Waals surface area contributed by atoms with Crippen molar-refractivity contribution in [2.24, 2.45) is 40.4 Å². The topological polar surface area (TPSA) is 83.8 Å². The van der Waals surface area contributed by atoms with Crippen molar-refractivity contribution < 1.29 is 22.3 Å². The smallest absolute Gasteiger partial charge is 0.449 e. The Morgan fingerprint density at radius 1 is 0.963 bits per heavy atom. The molecular weight excluding hydrogens is 364 g/mol. The van der Waals surface area contributed by atoms with Crippen LogP contribution in [0.1, 0.15) is 78.1 Å². The van der Waals surface area contributed by atoms with E-state index in [1.165, 1.54) is 51.0 Å². The summed E-state index contributed by atoms with van der Waals surface area (Å²) in [6.45, 7) is 4.88. The molecule has 4 aliphatic carbocycles. The summed E-state index contributed by atoms with van der Waals surface area (Å²) in [6.07, 6.45) is 14.3. The van der Waals surface area contributed by atoms with E-state index in [1.54, 1.807) is 0 Å². The molecule has 0 aromatic heterocycles. The van der Waals surface area contributed by atoms with Crippen molar-refractivity contribution in [3.63, 3.8) is 0 Å². The van der Waals surface area contributed by atoms with Gasteiger partial charge in [0.05, 0.1) is 0 Å². The van der Waals surface area contributed by atoms with Crippen LogP contribution < -0.4 is 0 Å². The van der Waals surface area contributed by atoms with Crippen LogP contribution in [-0.4, -0.2) is 18.1 Å². The highest BCUT2D eigenvalue weighted by molar-refractivity contribution is 7.81. The lowest BCUT2D eigenvalue weighted by molar-refractivity contribution is -0.108. The molecule has 4 fully saturated rings. The first kappa shape index (κ1) is 19.6. The Bertz CT molecular complexity index is 716. The minimum Gasteiger partial charge on any atom is -0.480 e.